The number of carbonyl (C=O) groups is 1. The van der Waals surface area contributed by atoms with Gasteiger partial charge in [0.1, 0.15) is 11.6 Å². The van der Waals surface area contributed by atoms with Crippen molar-refractivity contribution in [1.29, 1.82) is 0 Å². The van der Waals surface area contributed by atoms with Gasteiger partial charge in [0, 0.05) is 24.6 Å². The van der Waals surface area contributed by atoms with Gasteiger partial charge in [0.2, 0.25) is 0 Å². The number of halogens is 2. The molecule has 3 nitrogen and oxygen atoms in total. The smallest absolute Gasteiger partial charge is 0.303 e. The number of hydrogen-bond donors (Lipinski definition) is 1. The Morgan fingerprint density at radius 3 is 2.80 bits per heavy atom. The van der Waals surface area contributed by atoms with Crippen molar-refractivity contribution in [2.24, 2.45) is 5.92 Å². The van der Waals surface area contributed by atoms with Crippen LogP contribution in [0.25, 0.3) is 0 Å². The molecular formula is C15H19F2NO2. The summed E-state index contributed by atoms with van der Waals surface area (Å²) in [5.74, 6) is -1.53. The second-order valence-electron chi connectivity index (χ2n) is 5.55. The molecule has 1 aliphatic heterocycles. The first-order valence-electron chi connectivity index (χ1n) is 6.80. The van der Waals surface area contributed by atoms with Gasteiger partial charge < -0.3 is 5.11 Å². The molecule has 2 unspecified atom stereocenters. The van der Waals surface area contributed by atoms with Gasteiger partial charge in [0.15, 0.2) is 0 Å². The molecule has 2 atom stereocenters. The molecule has 5 heteroatoms. The van der Waals surface area contributed by atoms with Gasteiger partial charge in [0.25, 0.3) is 0 Å². The number of aliphatic carboxylic acids is 1. The van der Waals surface area contributed by atoms with Crippen molar-refractivity contribution in [1.82, 2.24) is 4.90 Å². The van der Waals surface area contributed by atoms with Crippen LogP contribution < -0.4 is 0 Å². The Hall–Kier alpha value is -1.49. The normalized spacial score (nSPS) is 21.1. The molecule has 2 rings (SSSR count). The van der Waals surface area contributed by atoms with Crippen molar-refractivity contribution in [2.45, 2.75) is 32.7 Å². The lowest BCUT2D eigenvalue weighted by atomic mass is 10.0. The minimum atomic E-state index is -0.808. The average Bonchev–Trinajstić information content (AvgIpc) is 2.80. The third-order valence-corrected chi connectivity index (χ3v) is 4.06. The number of likely N-dealkylation sites (tertiary alicyclic amines) is 1. The summed E-state index contributed by atoms with van der Waals surface area (Å²) in [5.41, 5.74) is 0.632. The standard InChI is InChI=1S/C15H19F2NO2/c1-9-5-14(17)12(7-13(9)16)10(2)18-4-3-11(8-18)6-15(19)20/h5,7,10-11H,3-4,6,8H2,1-2H3,(H,19,20). The zero-order valence-corrected chi connectivity index (χ0v) is 11.7. The van der Waals surface area contributed by atoms with Gasteiger partial charge in [-0.25, -0.2) is 8.78 Å². The van der Waals surface area contributed by atoms with Crippen molar-refractivity contribution >= 4 is 5.97 Å². The molecule has 1 aromatic rings. The van der Waals surface area contributed by atoms with Gasteiger partial charge in [-0.1, -0.05) is 0 Å². The van der Waals surface area contributed by atoms with Crippen LogP contribution in [0, 0.1) is 24.5 Å². The van der Waals surface area contributed by atoms with E-state index in [4.69, 9.17) is 5.11 Å². The van der Waals surface area contributed by atoms with Gasteiger partial charge in [-0.05, 0) is 50.4 Å². The van der Waals surface area contributed by atoms with Gasteiger partial charge in [-0.15, -0.1) is 0 Å². The van der Waals surface area contributed by atoms with Crippen LogP contribution in [0.4, 0.5) is 8.78 Å². The minimum Gasteiger partial charge on any atom is -0.481 e. The predicted octanol–water partition coefficient (Wildman–Crippen LogP) is 3.13. The molecule has 1 fully saturated rings. The summed E-state index contributed by atoms with van der Waals surface area (Å²) in [7, 11) is 0. The Bertz CT molecular complexity index is 519. The largest absolute Gasteiger partial charge is 0.481 e. The minimum absolute atomic E-state index is 0.0910. The molecular weight excluding hydrogens is 264 g/mol. The first-order valence-corrected chi connectivity index (χ1v) is 6.80. The zero-order chi connectivity index (χ0) is 14.9. The molecule has 20 heavy (non-hydrogen) atoms. The summed E-state index contributed by atoms with van der Waals surface area (Å²) in [6, 6.07) is 2.22. The van der Waals surface area contributed by atoms with E-state index < -0.39 is 17.6 Å². The van der Waals surface area contributed by atoms with Crippen molar-refractivity contribution in [3.05, 3.63) is 34.9 Å². The monoisotopic (exact) mass is 283 g/mol. The molecule has 1 N–H and O–H groups in total. The van der Waals surface area contributed by atoms with Crippen LogP contribution in [-0.2, 0) is 4.79 Å². The van der Waals surface area contributed by atoms with E-state index in [9.17, 15) is 13.6 Å². The highest BCUT2D eigenvalue weighted by Crippen LogP contribution is 2.31. The van der Waals surface area contributed by atoms with E-state index in [1.165, 1.54) is 19.1 Å². The number of benzene rings is 1. The van der Waals surface area contributed by atoms with E-state index in [1.807, 2.05) is 11.8 Å². The van der Waals surface area contributed by atoms with Gasteiger partial charge in [0.05, 0.1) is 0 Å². The Morgan fingerprint density at radius 1 is 1.45 bits per heavy atom. The maximum absolute atomic E-state index is 14.0. The SMILES string of the molecule is Cc1cc(F)c(C(C)N2CCC(CC(=O)O)C2)cc1F. The zero-order valence-electron chi connectivity index (χ0n) is 11.7. The fourth-order valence-electron chi connectivity index (χ4n) is 2.81. The Kier molecular flexibility index (Phi) is 4.38. The van der Waals surface area contributed by atoms with Crippen LogP contribution in [0.1, 0.15) is 36.9 Å². The van der Waals surface area contributed by atoms with Crippen molar-refractivity contribution < 1.29 is 18.7 Å². The van der Waals surface area contributed by atoms with E-state index in [1.54, 1.807) is 0 Å². The van der Waals surface area contributed by atoms with E-state index in [2.05, 4.69) is 0 Å². The maximum atomic E-state index is 14.0. The van der Waals surface area contributed by atoms with Crippen molar-refractivity contribution in [2.75, 3.05) is 13.1 Å². The molecule has 0 aliphatic carbocycles. The Balaban J connectivity index is 2.11. The molecule has 0 bridgehead atoms. The molecule has 1 saturated heterocycles. The fourth-order valence-corrected chi connectivity index (χ4v) is 2.81. The highest BCUT2D eigenvalue weighted by molar-refractivity contribution is 5.67. The summed E-state index contributed by atoms with van der Waals surface area (Å²) >= 11 is 0. The number of rotatable bonds is 4. The molecule has 0 spiro atoms. The van der Waals surface area contributed by atoms with Gasteiger partial charge in [-0.3, -0.25) is 9.69 Å². The maximum Gasteiger partial charge on any atom is 0.303 e. The predicted molar refractivity (Wildman–Crippen MR) is 71.4 cm³/mol. The van der Waals surface area contributed by atoms with Crippen LogP contribution in [-0.4, -0.2) is 29.1 Å². The van der Waals surface area contributed by atoms with Crippen LogP contribution in [0.3, 0.4) is 0 Å². The topological polar surface area (TPSA) is 40.5 Å². The molecule has 1 heterocycles. The summed E-state index contributed by atoms with van der Waals surface area (Å²) in [4.78, 5) is 12.7. The van der Waals surface area contributed by atoms with E-state index >= 15 is 0 Å². The van der Waals surface area contributed by atoms with Crippen LogP contribution >= 0.6 is 0 Å². The van der Waals surface area contributed by atoms with E-state index in [0.717, 1.165) is 6.42 Å². The summed E-state index contributed by atoms with van der Waals surface area (Å²) < 4.78 is 27.5. The lowest BCUT2D eigenvalue weighted by molar-refractivity contribution is -0.138. The first-order chi connectivity index (χ1) is 9.38. The molecule has 0 aromatic heterocycles. The second-order valence-corrected chi connectivity index (χ2v) is 5.55. The molecule has 1 aromatic carbocycles. The molecule has 110 valence electrons. The van der Waals surface area contributed by atoms with Crippen LogP contribution in [0.15, 0.2) is 12.1 Å². The van der Waals surface area contributed by atoms with Gasteiger partial charge >= 0.3 is 5.97 Å². The molecule has 0 radical (unpaired) electrons. The van der Waals surface area contributed by atoms with E-state index in [-0.39, 0.29) is 18.4 Å². The average molecular weight is 283 g/mol. The number of nitrogens with zero attached hydrogens (tertiary/aromatic N) is 1. The lowest BCUT2D eigenvalue weighted by Gasteiger charge is -2.25. The number of aryl methyl sites for hydroxylation is 1. The summed E-state index contributed by atoms with van der Waals surface area (Å²) in [5, 5.41) is 8.80. The third kappa shape index (κ3) is 3.15. The molecule has 0 saturated carbocycles. The second kappa shape index (κ2) is 5.87. The molecule has 1 aliphatic rings. The van der Waals surface area contributed by atoms with Gasteiger partial charge in [-0.2, -0.15) is 0 Å². The number of hydrogen-bond acceptors (Lipinski definition) is 2. The fraction of sp³-hybridized carbons (Fsp3) is 0.533. The highest BCUT2D eigenvalue weighted by Gasteiger charge is 2.29. The molecule has 0 amide bonds. The number of carboxylic acids is 1. The van der Waals surface area contributed by atoms with Crippen molar-refractivity contribution in [3.8, 4) is 0 Å². The third-order valence-electron chi connectivity index (χ3n) is 4.06. The lowest BCUT2D eigenvalue weighted by Crippen LogP contribution is -2.26. The summed E-state index contributed by atoms with van der Waals surface area (Å²) in [6.45, 7) is 4.69. The first kappa shape index (κ1) is 14.9. The van der Waals surface area contributed by atoms with Crippen molar-refractivity contribution in [3.63, 3.8) is 0 Å². The summed E-state index contributed by atoms with van der Waals surface area (Å²) in [6.07, 6.45) is 0.917. The Labute approximate surface area is 117 Å². The quantitative estimate of drug-likeness (QED) is 0.923. The highest BCUT2D eigenvalue weighted by atomic mass is 19.1. The Morgan fingerprint density at radius 2 is 2.15 bits per heavy atom. The van der Waals surface area contributed by atoms with Crippen LogP contribution in [0.5, 0.6) is 0 Å². The van der Waals surface area contributed by atoms with E-state index in [0.29, 0.717) is 24.2 Å². The van der Waals surface area contributed by atoms with Crippen LogP contribution in [0.2, 0.25) is 0 Å². The number of carboxylic acid groups (broad SMARTS) is 1.